The first-order valence-electron chi connectivity index (χ1n) is 7.91. The van der Waals surface area contributed by atoms with Gasteiger partial charge in [-0.25, -0.2) is 4.79 Å². The van der Waals surface area contributed by atoms with Crippen LogP contribution < -0.4 is 0 Å². The van der Waals surface area contributed by atoms with Crippen molar-refractivity contribution in [2.45, 2.75) is 51.2 Å². The minimum Gasteiger partial charge on any atom is -0.444 e. The molecule has 2 atom stereocenters. The van der Waals surface area contributed by atoms with Gasteiger partial charge in [-0.15, -0.1) is 5.10 Å². The van der Waals surface area contributed by atoms with E-state index in [1.165, 1.54) is 0 Å². The first-order valence-corrected chi connectivity index (χ1v) is 9.23. The summed E-state index contributed by atoms with van der Waals surface area (Å²) >= 11 is 0. The molecule has 0 radical (unpaired) electrons. The summed E-state index contributed by atoms with van der Waals surface area (Å²) in [6.07, 6.45) is 1.58. The summed E-state index contributed by atoms with van der Waals surface area (Å²) < 4.78 is 17.8. The number of carbonyl (C=O) groups is 1. The molecule has 7 heteroatoms. The highest BCUT2D eigenvalue weighted by Crippen LogP contribution is 2.21. The highest BCUT2D eigenvalue weighted by Gasteiger charge is 2.28. The lowest BCUT2D eigenvalue weighted by Gasteiger charge is -2.33. The molecule has 1 aromatic heterocycles. The minimum atomic E-state index is -1.19. The quantitative estimate of drug-likeness (QED) is 0.846. The number of carbonyl (C=O) groups excluding carboxylic acids is 1. The van der Waals surface area contributed by atoms with Crippen molar-refractivity contribution in [3.05, 3.63) is 17.8 Å². The van der Waals surface area contributed by atoms with Crippen LogP contribution in [0, 0.1) is 12.8 Å². The normalized spacial score (nSPS) is 20.2. The van der Waals surface area contributed by atoms with Crippen molar-refractivity contribution >= 4 is 16.9 Å². The number of aryl methyl sites for hydroxylation is 1. The topological polar surface area (TPSA) is 72.4 Å². The van der Waals surface area contributed by atoms with Crippen LogP contribution in [0.25, 0.3) is 0 Å². The first-order chi connectivity index (χ1) is 10.7. The number of aromatic nitrogens is 2. The summed E-state index contributed by atoms with van der Waals surface area (Å²) in [6.45, 7) is 8.70. The summed E-state index contributed by atoms with van der Waals surface area (Å²) in [5, 5.41) is 8.44. The largest absolute Gasteiger partial charge is 0.444 e. The molecule has 1 saturated heterocycles. The zero-order chi connectivity index (χ0) is 17.0. The Hall–Kier alpha value is -1.50. The van der Waals surface area contributed by atoms with Crippen LogP contribution >= 0.6 is 0 Å². The Balaban J connectivity index is 1.92. The summed E-state index contributed by atoms with van der Waals surface area (Å²) in [6, 6.07) is 3.57. The van der Waals surface area contributed by atoms with Crippen molar-refractivity contribution in [1.82, 2.24) is 15.1 Å². The Kier molecular flexibility index (Phi) is 5.73. The molecule has 0 spiro atoms. The van der Waals surface area contributed by atoms with E-state index in [0.29, 0.717) is 23.9 Å². The van der Waals surface area contributed by atoms with Gasteiger partial charge in [-0.2, -0.15) is 5.10 Å². The zero-order valence-electron chi connectivity index (χ0n) is 14.2. The van der Waals surface area contributed by atoms with Crippen LogP contribution in [0.3, 0.4) is 0 Å². The highest BCUT2D eigenvalue weighted by molar-refractivity contribution is 7.84. The van der Waals surface area contributed by atoms with Crippen molar-refractivity contribution in [3.8, 4) is 0 Å². The number of piperidine rings is 1. The van der Waals surface area contributed by atoms with Gasteiger partial charge in [0.15, 0.2) is 0 Å². The number of hydrogen-bond donors (Lipinski definition) is 0. The lowest BCUT2D eigenvalue weighted by molar-refractivity contribution is 0.0176. The molecule has 0 saturated carbocycles. The van der Waals surface area contributed by atoms with Gasteiger partial charge in [-0.1, -0.05) is 0 Å². The van der Waals surface area contributed by atoms with Crippen LogP contribution in [0.15, 0.2) is 17.2 Å². The number of amides is 1. The second-order valence-corrected chi connectivity index (χ2v) is 8.40. The van der Waals surface area contributed by atoms with E-state index in [0.717, 1.165) is 18.5 Å². The Morgan fingerprint density at radius 2 is 2.13 bits per heavy atom. The van der Waals surface area contributed by atoms with Gasteiger partial charge >= 0.3 is 6.09 Å². The lowest BCUT2D eigenvalue weighted by atomic mass is 10.0. The molecule has 1 aliphatic heterocycles. The summed E-state index contributed by atoms with van der Waals surface area (Å²) in [5.41, 5.74) is 0.309. The molecule has 0 unspecified atom stereocenters. The summed E-state index contributed by atoms with van der Waals surface area (Å²) in [5.74, 6) is 0.692. The number of likely N-dealkylation sites (tertiary alicyclic amines) is 1. The predicted molar refractivity (Wildman–Crippen MR) is 88.6 cm³/mol. The maximum absolute atomic E-state index is 12.4. The molecule has 2 rings (SSSR count). The molecule has 0 aliphatic carbocycles. The van der Waals surface area contributed by atoms with Crippen LogP contribution in [0.1, 0.15) is 39.3 Å². The molecule has 1 fully saturated rings. The number of hydrogen-bond acceptors (Lipinski definition) is 5. The average Bonchev–Trinajstić information content (AvgIpc) is 2.46. The number of ether oxygens (including phenoxy) is 1. The number of nitrogens with zero attached hydrogens (tertiary/aromatic N) is 3. The summed E-state index contributed by atoms with van der Waals surface area (Å²) in [7, 11) is -1.19. The van der Waals surface area contributed by atoms with Gasteiger partial charge < -0.3 is 9.64 Å². The fourth-order valence-electron chi connectivity index (χ4n) is 2.50. The van der Waals surface area contributed by atoms with Crippen molar-refractivity contribution in [3.63, 3.8) is 0 Å². The van der Waals surface area contributed by atoms with Crippen molar-refractivity contribution in [2.24, 2.45) is 5.92 Å². The second kappa shape index (κ2) is 7.38. The van der Waals surface area contributed by atoms with Crippen molar-refractivity contribution in [1.29, 1.82) is 0 Å². The molecule has 23 heavy (non-hydrogen) atoms. The van der Waals surface area contributed by atoms with Crippen molar-refractivity contribution in [2.75, 3.05) is 18.8 Å². The third-order valence-corrected chi connectivity index (χ3v) is 5.02. The number of rotatable bonds is 3. The van der Waals surface area contributed by atoms with E-state index in [-0.39, 0.29) is 12.0 Å². The molecule has 0 aromatic carbocycles. The van der Waals surface area contributed by atoms with Gasteiger partial charge in [-0.05, 0) is 58.6 Å². The van der Waals surface area contributed by atoms with Gasteiger partial charge in [0, 0.05) is 18.8 Å². The van der Waals surface area contributed by atoms with E-state index >= 15 is 0 Å². The third-order valence-electron chi connectivity index (χ3n) is 3.56. The van der Waals surface area contributed by atoms with Crippen LogP contribution in [0.5, 0.6) is 0 Å². The molecule has 0 bridgehead atoms. The molecule has 2 heterocycles. The lowest BCUT2D eigenvalue weighted by Crippen LogP contribution is -2.44. The van der Waals surface area contributed by atoms with E-state index < -0.39 is 16.4 Å². The molecule has 1 aromatic rings. The van der Waals surface area contributed by atoms with E-state index in [9.17, 15) is 9.00 Å². The monoisotopic (exact) mass is 339 g/mol. The third kappa shape index (κ3) is 5.57. The Bertz CT molecular complexity index is 569. The minimum absolute atomic E-state index is 0.195. The fraction of sp³-hybridized carbons (Fsp3) is 0.688. The van der Waals surface area contributed by atoms with Crippen LogP contribution in [-0.4, -0.2) is 49.8 Å². The molecule has 1 amide bonds. The van der Waals surface area contributed by atoms with E-state index in [2.05, 4.69) is 10.2 Å². The van der Waals surface area contributed by atoms with E-state index in [1.54, 1.807) is 11.0 Å². The van der Waals surface area contributed by atoms with Gasteiger partial charge in [0.1, 0.15) is 10.6 Å². The molecular weight excluding hydrogens is 314 g/mol. The molecule has 0 N–H and O–H groups in total. The highest BCUT2D eigenvalue weighted by atomic mass is 32.2. The standard InChI is InChI=1S/C16H25N3O3S/c1-12-7-8-14(18-17-12)23(21)11-13-6-5-9-19(10-13)15(20)22-16(2,3)4/h7-8,13H,5-6,9-11H2,1-4H3/t13-,23+/m1/s1. The zero-order valence-corrected chi connectivity index (χ0v) is 15.1. The SMILES string of the molecule is Cc1ccc([S@@](=O)C[C@@H]2CCCN(C(=O)OC(C)(C)C)C2)nn1. The van der Waals surface area contributed by atoms with Gasteiger partial charge in [-0.3, -0.25) is 4.21 Å². The van der Waals surface area contributed by atoms with Crippen molar-refractivity contribution < 1.29 is 13.7 Å². The van der Waals surface area contributed by atoms with Crippen LogP contribution in [0.2, 0.25) is 0 Å². The van der Waals surface area contributed by atoms with E-state index in [4.69, 9.17) is 4.74 Å². The summed E-state index contributed by atoms with van der Waals surface area (Å²) in [4.78, 5) is 13.9. The maximum Gasteiger partial charge on any atom is 0.410 e. The Morgan fingerprint density at radius 1 is 1.39 bits per heavy atom. The Labute approximate surface area is 140 Å². The fourth-order valence-corrected chi connectivity index (χ4v) is 3.72. The second-order valence-electron chi connectivity index (χ2n) is 6.96. The van der Waals surface area contributed by atoms with Crippen LogP contribution in [-0.2, 0) is 15.5 Å². The molecule has 6 nitrogen and oxygen atoms in total. The molecule has 128 valence electrons. The van der Waals surface area contributed by atoms with Gasteiger partial charge in [0.25, 0.3) is 0 Å². The Morgan fingerprint density at radius 3 is 2.74 bits per heavy atom. The maximum atomic E-state index is 12.4. The van der Waals surface area contributed by atoms with Crippen LogP contribution in [0.4, 0.5) is 4.79 Å². The van der Waals surface area contributed by atoms with Gasteiger partial charge in [0.2, 0.25) is 0 Å². The van der Waals surface area contributed by atoms with E-state index in [1.807, 2.05) is 33.8 Å². The van der Waals surface area contributed by atoms with Gasteiger partial charge in [0.05, 0.1) is 16.5 Å². The molecular formula is C16H25N3O3S. The average molecular weight is 339 g/mol. The predicted octanol–water partition coefficient (Wildman–Crippen LogP) is 2.54. The molecule has 1 aliphatic rings. The smallest absolute Gasteiger partial charge is 0.410 e. The first kappa shape index (κ1) is 17.8.